The van der Waals surface area contributed by atoms with Crippen LogP contribution in [0, 0.1) is 0 Å². The van der Waals surface area contributed by atoms with Gasteiger partial charge < -0.3 is 14.2 Å². The van der Waals surface area contributed by atoms with Crippen LogP contribution in [-0.4, -0.2) is 37.2 Å². The molecule has 0 fully saturated rings. The lowest BCUT2D eigenvalue weighted by Crippen LogP contribution is -2.30. The first kappa shape index (κ1) is 78.4. The van der Waals surface area contributed by atoms with Crippen LogP contribution >= 0.6 is 0 Å². The normalized spacial score (nSPS) is 12.3. The molecule has 0 aromatic carbocycles. The summed E-state index contributed by atoms with van der Waals surface area (Å²) in [4.78, 5) is 38.0. The summed E-state index contributed by atoms with van der Waals surface area (Å²) in [5.41, 5.74) is 0. The molecule has 474 valence electrons. The first-order chi connectivity index (χ1) is 40.0. The molecule has 6 heteroatoms. The molecule has 6 nitrogen and oxygen atoms in total. The van der Waals surface area contributed by atoms with Gasteiger partial charge in [0.2, 0.25) is 0 Å². The molecule has 0 bridgehead atoms. The summed E-state index contributed by atoms with van der Waals surface area (Å²) < 4.78 is 16.8. The average Bonchev–Trinajstić information content (AvgIpc) is 3.47. The fourth-order valence-electron chi connectivity index (χ4n) is 10.9. The van der Waals surface area contributed by atoms with Crippen LogP contribution in [0.5, 0.6) is 0 Å². The lowest BCUT2D eigenvalue weighted by atomic mass is 10.0. The fourth-order valence-corrected chi connectivity index (χ4v) is 10.9. The summed E-state index contributed by atoms with van der Waals surface area (Å²) in [5.74, 6) is -0.873. The third-order valence-electron chi connectivity index (χ3n) is 16.3. The monoisotopic (exact) mass is 1140 g/mol. The Hall–Kier alpha value is -2.63. The van der Waals surface area contributed by atoms with E-state index in [2.05, 4.69) is 69.4 Å². The Kier molecular flexibility index (Phi) is 67.6. The molecule has 0 aliphatic rings. The van der Waals surface area contributed by atoms with Crippen molar-refractivity contribution in [3.05, 3.63) is 48.6 Å². The molecule has 0 aromatic heterocycles. The molecule has 0 aliphatic heterocycles. The molecule has 0 amide bonds. The Morgan fingerprint density at radius 2 is 0.444 bits per heavy atom. The van der Waals surface area contributed by atoms with E-state index in [0.717, 1.165) is 83.5 Å². The smallest absolute Gasteiger partial charge is 0.306 e. The zero-order valence-corrected chi connectivity index (χ0v) is 54.6. The van der Waals surface area contributed by atoms with Gasteiger partial charge in [0.1, 0.15) is 13.2 Å². The third kappa shape index (κ3) is 68.0. The van der Waals surface area contributed by atoms with E-state index >= 15 is 0 Å². The van der Waals surface area contributed by atoms with Gasteiger partial charge in [-0.15, -0.1) is 0 Å². The molecule has 0 radical (unpaired) electrons. The molecule has 1 unspecified atom stereocenters. The summed E-state index contributed by atoms with van der Waals surface area (Å²) in [5, 5.41) is 0. The Bertz CT molecular complexity index is 1400. The highest BCUT2D eigenvalue weighted by Crippen LogP contribution is 2.18. The number of unbranched alkanes of at least 4 members (excludes halogenated alkanes) is 48. The van der Waals surface area contributed by atoms with Crippen molar-refractivity contribution in [2.75, 3.05) is 13.2 Å². The van der Waals surface area contributed by atoms with Crippen molar-refractivity contribution in [3.8, 4) is 0 Å². The summed E-state index contributed by atoms with van der Waals surface area (Å²) in [6.45, 7) is 6.59. The van der Waals surface area contributed by atoms with Gasteiger partial charge in [0.05, 0.1) is 0 Å². The number of carbonyl (C=O) groups excluding carboxylic acids is 3. The van der Waals surface area contributed by atoms with E-state index in [-0.39, 0.29) is 31.1 Å². The average molecular weight is 1140 g/mol. The zero-order chi connectivity index (χ0) is 58.5. The zero-order valence-electron chi connectivity index (χ0n) is 54.6. The maximum Gasteiger partial charge on any atom is 0.306 e. The van der Waals surface area contributed by atoms with Crippen LogP contribution < -0.4 is 0 Å². The Morgan fingerprint density at radius 3 is 0.704 bits per heavy atom. The van der Waals surface area contributed by atoms with Crippen molar-refractivity contribution in [3.63, 3.8) is 0 Å². The molecule has 1 atom stereocenters. The Morgan fingerprint density at radius 1 is 0.247 bits per heavy atom. The van der Waals surface area contributed by atoms with Gasteiger partial charge in [-0.05, 0) is 83.5 Å². The molecule has 0 saturated heterocycles. The molecular formula is C75H138O6. The van der Waals surface area contributed by atoms with Crippen LogP contribution in [0.15, 0.2) is 48.6 Å². The predicted octanol–water partition coefficient (Wildman–Crippen LogP) is 24.9. The molecular weight excluding hydrogens is 997 g/mol. The third-order valence-corrected chi connectivity index (χ3v) is 16.3. The van der Waals surface area contributed by atoms with Crippen molar-refractivity contribution in [1.29, 1.82) is 0 Å². The number of allylic oxidation sites excluding steroid dienone is 8. The minimum atomic E-state index is -0.773. The summed E-state index contributed by atoms with van der Waals surface area (Å²) in [7, 11) is 0. The second-order valence-electron chi connectivity index (χ2n) is 24.5. The van der Waals surface area contributed by atoms with E-state index in [1.807, 2.05) is 0 Å². The lowest BCUT2D eigenvalue weighted by Gasteiger charge is -2.18. The maximum absolute atomic E-state index is 12.8. The van der Waals surface area contributed by atoms with Gasteiger partial charge in [-0.25, -0.2) is 0 Å². The summed E-state index contributed by atoms with van der Waals surface area (Å²) in [6, 6.07) is 0. The second-order valence-corrected chi connectivity index (χ2v) is 24.5. The van der Waals surface area contributed by atoms with Crippen LogP contribution in [0.25, 0.3) is 0 Å². The molecule has 0 aromatic rings. The molecule has 81 heavy (non-hydrogen) atoms. The number of ether oxygens (including phenoxy) is 3. The van der Waals surface area contributed by atoms with E-state index in [0.29, 0.717) is 19.3 Å². The number of carbonyl (C=O) groups is 3. The molecule has 0 aliphatic carbocycles. The number of esters is 3. The minimum absolute atomic E-state index is 0.0725. The maximum atomic E-state index is 12.8. The van der Waals surface area contributed by atoms with Crippen LogP contribution in [0.1, 0.15) is 393 Å². The van der Waals surface area contributed by atoms with Crippen molar-refractivity contribution in [1.82, 2.24) is 0 Å². The van der Waals surface area contributed by atoms with Gasteiger partial charge in [-0.2, -0.15) is 0 Å². The highest BCUT2D eigenvalue weighted by Gasteiger charge is 2.19. The van der Waals surface area contributed by atoms with Crippen molar-refractivity contribution >= 4 is 17.9 Å². The van der Waals surface area contributed by atoms with E-state index in [1.165, 1.54) is 270 Å². The van der Waals surface area contributed by atoms with Crippen LogP contribution in [0.3, 0.4) is 0 Å². The topological polar surface area (TPSA) is 78.9 Å². The van der Waals surface area contributed by atoms with Crippen molar-refractivity contribution in [2.24, 2.45) is 0 Å². The summed E-state index contributed by atoms with van der Waals surface area (Å²) in [6.07, 6.45) is 89.3. The van der Waals surface area contributed by atoms with E-state index in [4.69, 9.17) is 14.2 Å². The standard InChI is InChI=1S/C75H138O6/c1-4-7-10-13-15-17-19-21-23-25-27-29-31-32-33-34-35-36-37-38-39-40-41-42-44-45-47-49-51-53-55-57-59-62-65-68-74(77)80-71-72(70-79-73(76)67-64-61-12-9-6-3)81-75(78)69-66-63-60-58-56-54-52-50-48-46-43-30-28-26-24-22-20-18-16-14-11-8-5-2/h20,22,25-28,43,46,72H,4-19,21,23-24,29-42,44-45,47-71H2,1-3H3/b22-20-,27-25-,28-26-,46-43-. The van der Waals surface area contributed by atoms with Crippen LogP contribution in [0.4, 0.5) is 0 Å². The van der Waals surface area contributed by atoms with Gasteiger partial charge >= 0.3 is 17.9 Å². The lowest BCUT2D eigenvalue weighted by molar-refractivity contribution is -0.167. The van der Waals surface area contributed by atoms with Crippen LogP contribution in [0.2, 0.25) is 0 Å². The highest BCUT2D eigenvalue weighted by molar-refractivity contribution is 5.71. The first-order valence-electron chi connectivity index (χ1n) is 36.1. The second kappa shape index (κ2) is 69.9. The predicted molar refractivity (Wildman–Crippen MR) is 353 cm³/mol. The van der Waals surface area contributed by atoms with Gasteiger partial charge in [0.25, 0.3) is 0 Å². The fraction of sp³-hybridized carbons (Fsp3) is 0.853. The van der Waals surface area contributed by atoms with E-state index in [9.17, 15) is 14.4 Å². The van der Waals surface area contributed by atoms with Gasteiger partial charge in [-0.1, -0.05) is 339 Å². The number of hydrogen-bond donors (Lipinski definition) is 0. The molecule has 0 heterocycles. The number of rotatable bonds is 67. The SMILES string of the molecule is CCCCCCC/C=C\C/C=C\C/C=C\CCCCCCCCCCC(=O)OC(COC(=O)CCCCCCC)COC(=O)CCCCCCCCCCCCCCCCCCCCCCCCC/C=C\CCCCCCCCCC. The van der Waals surface area contributed by atoms with Crippen molar-refractivity contribution < 1.29 is 28.6 Å². The molecule has 0 spiro atoms. The van der Waals surface area contributed by atoms with Crippen LogP contribution in [-0.2, 0) is 28.6 Å². The first-order valence-corrected chi connectivity index (χ1v) is 36.1. The largest absolute Gasteiger partial charge is 0.462 e. The number of hydrogen-bond acceptors (Lipinski definition) is 6. The molecule has 0 rings (SSSR count). The van der Waals surface area contributed by atoms with Gasteiger partial charge in [0, 0.05) is 19.3 Å². The Balaban J connectivity index is 3.89. The molecule has 0 saturated carbocycles. The van der Waals surface area contributed by atoms with E-state index < -0.39 is 6.10 Å². The minimum Gasteiger partial charge on any atom is -0.462 e. The van der Waals surface area contributed by atoms with E-state index in [1.54, 1.807) is 0 Å². The van der Waals surface area contributed by atoms with Crippen molar-refractivity contribution in [2.45, 2.75) is 399 Å². The van der Waals surface area contributed by atoms with Gasteiger partial charge in [0.15, 0.2) is 6.10 Å². The quantitative estimate of drug-likeness (QED) is 0.0261. The Labute approximate surface area is 505 Å². The molecule has 0 N–H and O–H groups in total. The van der Waals surface area contributed by atoms with Gasteiger partial charge in [-0.3, -0.25) is 14.4 Å². The summed E-state index contributed by atoms with van der Waals surface area (Å²) >= 11 is 0. The highest BCUT2D eigenvalue weighted by atomic mass is 16.6.